The van der Waals surface area contributed by atoms with Crippen molar-refractivity contribution in [1.82, 2.24) is 9.78 Å². The Balaban J connectivity index is 2.10. The Labute approximate surface area is 96.5 Å². The maximum atomic E-state index is 10.3. The molecular weight excluding hydrogens is 202 g/mol. The summed E-state index contributed by atoms with van der Waals surface area (Å²) in [4.78, 5) is 0. The molecule has 1 heterocycles. The molecule has 16 heavy (non-hydrogen) atoms. The molecule has 1 aliphatic carbocycles. The second-order valence-electron chi connectivity index (χ2n) is 4.83. The van der Waals surface area contributed by atoms with Crippen LogP contribution in [0.15, 0.2) is 12.3 Å². The summed E-state index contributed by atoms with van der Waals surface area (Å²) in [5.74, 6) is 0. The van der Waals surface area contributed by atoms with Crippen LogP contribution in [0.2, 0.25) is 0 Å². The maximum absolute atomic E-state index is 10.3. The molecule has 0 amide bonds. The lowest BCUT2D eigenvalue weighted by Crippen LogP contribution is -2.42. The molecule has 0 aromatic carbocycles. The average molecular weight is 223 g/mol. The molecule has 90 valence electrons. The number of aliphatic hydroxyl groups is 1. The van der Waals surface area contributed by atoms with E-state index in [9.17, 15) is 5.11 Å². The zero-order valence-corrected chi connectivity index (χ0v) is 9.89. The van der Waals surface area contributed by atoms with Gasteiger partial charge in [-0.1, -0.05) is 13.3 Å². The molecule has 3 N–H and O–H groups in total. The molecule has 0 saturated heterocycles. The van der Waals surface area contributed by atoms with Gasteiger partial charge in [0.1, 0.15) is 6.10 Å². The summed E-state index contributed by atoms with van der Waals surface area (Å²) in [7, 11) is 0. The van der Waals surface area contributed by atoms with E-state index < -0.39 is 6.10 Å². The zero-order valence-electron chi connectivity index (χ0n) is 9.89. The number of aliphatic hydroxyl groups excluding tert-OH is 1. The molecule has 1 saturated carbocycles. The smallest absolute Gasteiger partial charge is 0.105 e. The van der Waals surface area contributed by atoms with Crippen molar-refractivity contribution in [3.05, 3.63) is 18.0 Å². The van der Waals surface area contributed by atoms with Gasteiger partial charge in [0, 0.05) is 24.7 Å². The van der Waals surface area contributed by atoms with Gasteiger partial charge in [-0.25, -0.2) is 0 Å². The summed E-state index contributed by atoms with van der Waals surface area (Å²) in [5, 5.41) is 14.7. The van der Waals surface area contributed by atoms with E-state index in [0.29, 0.717) is 6.54 Å². The largest absolute Gasteiger partial charge is 0.386 e. The van der Waals surface area contributed by atoms with E-state index in [0.717, 1.165) is 31.5 Å². The molecule has 1 aromatic rings. The maximum Gasteiger partial charge on any atom is 0.105 e. The molecule has 1 aromatic heterocycles. The second kappa shape index (κ2) is 4.55. The van der Waals surface area contributed by atoms with Crippen LogP contribution in [0.25, 0.3) is 0 Å². The molecule has 1 fully saturated rings. The summed E-state index contributed by atoms with van der Waals surface area (Å²) < 4.78 is 1.89. The molecule has 0 aliphatic heterocycles. The summed E-state index contributed by atoms with van der Waals surface area (Å²) in [5.41, 5.74) is 6.45. The Morgan fingerprint density at radius 3 is 2.88 bits per heavy atom. The van der Waals surface area contributed by atoms with E-state index in [1.807, 2.05) is 16.9 Å². The van der Waals surface area contributed by atoms with E-state index in [4.69, 9.17) is 5.73 Å². The minimum Gasteiger partial charge on any atom is -0.386 e. The molecule has 0 radical (unpaired) electrons. The first-order valence-corrected chi connectivity index (χ1v) is 6.13. The number of nitrogens with two attached hydrogens (primary N) is 1. The highest BCUT2D eigenvalue weighted by Gasteiger charge is 2.43. The number of aryl methyl sites for hydroxylation is 1. The van der Waals surface area contributed by atoms with Crippen molar-refractivity contribution in [3.8, 4) is 0 Å². The van der Waals surface area contributed by atoms with E-state index in [1.54, 1.807) is 0 Å². The van der Waals surface area contributed by atoms with Crippen molar-refractivity contribution in [3.63, 3.8) is 0 Å². The van der Waals surface area contributed by atoms with Crippen LogP contribution in [0.5, 0.6) is 0 Å². The highest BCUT2D eigenvalue weighted by atomic mass is 16.3. The molecule has 1 aliphatic rings. The van der Waals surface area contributed by atoms with Gasteiger partial charge in [-0.05, 0) is 25.3 Å². The van der Waals surface area contributed by atoms with Gasteiger partial charge < -0.3 is 10.8 Å². The SMILES string of the molecule is CCCn1ccc([C@H](O)C2(CN)CCC2)n1. The van der Waals surface area contributed by atoms with Crippen molar-refractivity contribution in [1.29, 1.82) is 0 Å². The van der Waals surface area contributed by atoms with Gasteiger partial charge in [0.05, 0.1) is 5.69 Å². The fourth-order valence-electron chi connectivity index (χ4n) is 2.41. The number of rotatable bonds is 5. The van der Waals surface area contributed by atoms with Gasteiger partial charge in [-0.3, -0.25) is 4.68 Å². The van der Waals surface area contributed by atoms with Crippen molar-refractivity contribution in [2.75, 3.05) is 6.54 Å². The lowest BCUT2D eigenvalue weighted by atomic mass is 9.64. The van der Waals surface area contributed by atoms with Crippen molar-refractivity contribution < 1.29 is 5.11 Å². The van der Waals surface area contributed by atoms with Crippen molar-refractivity contribution in [2.24, 2.45) is 11.1 Å². The standard InChI is InChI=1S/C12H21N3O/c1-2-7-15-8-4-10(14-15)11(16)12(9-13)5-3-6-12/h4,8,11,16H,2-3,5-7,9,13H2,1H3/t11-/m0/s1. The summed E-state index contributed by atoms with van der Waals surface area (Å²) in [6.45, 7) is 3.57. The van der Waals surface area contributed by atoms with Crippen LogP contribution >= 0.6 is 0 Å². The fraction of sp³-hybridized carbons (Fsp3) is 0.750. The Hall–Kier alpha value is -0.870. The topological polar surface area (TPSA) is 64.1 Å². The summed E-state index contributed by atoms with van der Waals surface area (Å²) in [6.07, 6.45) is 5.70. The van der Waals surface area contributed by atoms with E-state index in [1.165, 1.54) is 6.42 Å². The Kier molecular flexibility index (Phi) is 3.30. The number of nitrogens with zero attached hydrogens (tertiary/aromatic N) is 2. The van der Waals surface area contributed by atoms with Gasteiger partial charge in [0.2, 0.25) is 0 Å². The van der Waals surface area contributed by atoms with E-state index in [2.05, 4.69) is 12.0 Å². The first-order chi connectivity index (χ1) is 7.72. The van der Waals surface area contributed by atoms with Crippen LogP contribution in [-0.2, 0) is 6.54 Å². The summed E-state index contributed by atoms with van der Waals surface area (Å²) in [6, 6.07) is 1.91. The Morgan fingerprint density at radius 2 is 2.38 bits per heavy atom. The Bertz CT molecular complexity index is 338. The van der Waals surface area contributed by atoms with Crippen LogP contribution in [0.1, 0.15) is 44.4 Å². The average Bonchev–Trinajstić information content (AvgIpc) is 2.66. The zero-order chi connectivity index (χ0) is 11.6. The van der Waals surface area contributed by atoms with Gasteiger partial charge >= 0.3 is 0 Å². The quantitative estimate of drug-likeness (QED) is 0.794. The predicted molar refractivity (Wildman–Crippen MR) is 62.8 cm³/mol. The third-order valence-electron chi connectivity index (χ3n) is 3.73. The lowest BCUT2D eigenvalue weighted by molar-refractivity contribution is -0.0325. The minimum absolute atomic E-state index is 0.106. The third kappa shape index (κ3) is 1.87. The normalized spacial score (nSPS) is 20.4. The first kappa shape index (κ1) is 11.6. The predicted octanol–water partition coefficient (Wildman–Crippen LogP) is 1.46. The monoisotopic (exact) mass is 223 g/mol. The molecule has 0 bridgehead atoms. The molecule has 4 heteroatoms. The van der Waals surface area contributed by atoms with Crippen LogP contribution < -0.4 is 5.73 Å². The highest BCUT2D eigenvalue weighted by Crippen LogP contribution is 2.48. The van der Waals surface area contributed by atoms with Gasteiger partial charge in [-0.2, -0.15) is 5.10 Å². The van der Waals surface area contributed by atoms with Gasteiger partial charge in [0.25, 0.3) is 0 Å². The van der Waals surface area contributed by atoms with Crippen LogP contribution in [0.4, 0.5) is 0 Å². The van der Waals surface area contributed by atoms with E-state index in [-0.39, 0.29) is 5.41 Å². The highest BCUT2D eigenvalue weighted by molar-refractivity contribution is 5.10. The second-order valence-corrected chi connectivity index (χ2v) is 4.83. The van der Waals surface area contributed by atoms with Crippen LogP contribution in [0, 0.1) is 5.41 Å². The van der Waals surface area contributed by atoms with E-state index >= 15 is 0 Å². The molecule has 0 unspecified atom stereocenters. The molecular formula is C12H21N3O. The molecule has 0 spiro atoms. The van der Waals surface area contributed by atoms with Gasteiger partial charge in [0.15, 0.2) is 0 Å². The minimum atomic E-state index is -0.496. The lowest BCUT2D eigenvalue weighted by Gasteiger charge is -2.44. The van der Waals surface area contributed by atoms with Crippen molar-refractivity contribution >= 4 is 0 Å². The van der Waals surface area contributed by atoms with Gasteiger partial charge in [-0.15, -0.1) is 0 Å². The number of aromatic nitrogens is 2. The first-order valence-electron chi connectivity index (χ1n) is 6.13. The van der Waals surface area contributed by atoms with Crippen LogP contribution in [-0.4, -0.2) is 21.4 Å². The molecule has 4 nitrogen and oxygen atoms in total. The third-order valence-corrected chi connectivity index (χ3v) is 3.73. The number of hydrogen-bond donors (Lipinski definition) is 2. The number of hydrogen-bond acceptors (Lipinski definition) is 3. The molecule has 1 atom stereocenters. The Morgan fingerprint density at radius 1 is 1.62 bits per heavy atom. The fourth-order valence-corrected chi connectivity index (χ4v) is 2.41. The molecule has 2 rings (SSSR count). The summed E-state index contributed by atoms with van der Waals surface area (Å²) >= 11 is 0. The van der Waals surface area contributed by atoms with Crippen molar-refractivity contribution in [2.45, 2.75) is 45.3 Å². The van der Waals surface area contributed by atoms with Crippen LogP contribution in [0.3, 0.4) is 0 Å².